The Kier molecular flexibility index (Phi) is 3.23. The fourth-order valence-corrected chi connectivity index (χ4v) is 1.45. The predicted octanol–water partition coefficient (Wildman–Crippen LogP) is 1.34. The molecule has 1 fully saturated rings. The lowest BCUT2D eigenvalue weighted by molar-refractivity contribution is 0.138. The van der Waals surface area contributed by atoms with Gasteiger partial charge in [0.2, 0.25) is 11.8 Å². The fourth-order valence-electron chi connectivity index (χ4n) is 1.32. The Morgan fingerprint density at radius 2 is 2.53 bits per heavy atom. The molecule has 1 aromatic rings. The summed E-state index contributed by atoms with van der Waals surface area (Å²) < 4.78 is 10.8. The first-order valence-corrected chi connectivity index (χ1v) is 5.12. The second kappa shape index (κ2) is 4.63. The summed E-state index contributed by atoms with van der Waals surface area (Å²) in [4.78, 5) is 8.09. The highest BCUT2D eigenvalue weighted by Crippen LogP contribution is 2.24. The van der Waals surface area contributed by atoms with E-state index in [9.17, 15) is 0 Å². The lowest BCUT2D eigenvalue weighted by atomic mass is 10.3. The molecule has 2 rings (SSSR count). The van der Waals surface area contributed by atoms with E-state index in [0.29, 0.717) is 23.5 Å². The topological polar surface area (TPSA) is 56.3 Å². The molecule has 0 saturated carbocycles. The molecule has 6 heteroatoms. The molecule has 0 spiro atoms. The van der Waals surface area contributed by atoms with Crippen molar-refractivity contribution < 1.29 is 9.47 Å². The van der Waals surface area contributed by atoms with Crippen molar-refractivity contribution in [3.8, 4) is 5.88 Å². The van der Waals surface area contributed by atoms with E-state index in [1.807, 2.05) is 0 Å². The molecule has 1 aliphatic heterocycles. The van der Waals surface area contributed by atoms with Crippen LogP contribution in [-0.4, -0.2) is 36.3 Å². The third-order valence-corrected chi connectivity index (χ3v) is 2.36. The molecular formula is C9H12ClN3O2. The van der Waals surface area contributed by atoms with Gasteiger partial charge in [0.1, 0.15) is 11.1 Å². The Balaban J connectivity index is 2.11. The zero-order chi connectivity index (χ0) is 10.7. The smallest absolute Gasteiger partial charge is 0.237 e. The first-order valence-electron chi connectivity index (χ1n) is 4.74. The third-order valence-electron chi connectivity index (χ3n) is 2.10. The Labute approximate surface area is 92.8 Å². The van der Waals surface area contributed by atoms with Crippen molar-refractivity contribution in [3.05, 3.63) is 11.2 Å². The van der Waals surface area contributed by atoms with E-state index in [1.54, 1.807) is 7.05 Å². The van der Waals surface area contributed by atoms with Crippen molar-refractivity contribution in [1.82, 2.24) is 9.97 Å². The number of aromatic nitrogens is 2. The van der Waals surface area contributed by atoms with Crippen LogP contribution in [0.3, 0.4) is 0 Å². The van der Waals surface area contributed by atoms with Crippen LogP contribution in [0.5, 0.6) is 5.88 Å². The molecule has 1 saturated heterocycles. The molecule has 1 aromatic heterocycles. The van der Waals surface area contributed by atoms with Gasteiger partial charge in [0.25, 0.3) is 0 Å². The summed E-state index contributed by atoms with van der Waals surface area (Å²) in [6.07, 6.45) is 2.43. The number of ether oxygens (including phenoxy) is 2. The fraction of sp³-hybridized carbons (Fsp3) is 0.556. The Morgan fingerprint density at radius 3 is 3.20 bits per heavy atom. The molecule has 0 radical (unpaired) electrons. The normalized spacial score (nSPS) is 20.3. The van der Waals surface area contributed by atoms with Gasteiger partial charge in [-0.15, -0.1) is 0 Å². The average Bonchev–Trinajstić information content (AvgIpc) is 2.74. The van der Waals surface area contributed by atoms with Gasteiger partial charge in [-0.3, -0.25) is 0 Å². The largest absolute Gasteiger partial charge is 0.471 e. The summed E-state index contributed by atoms with van der Waals surface area (Å²) in [6.45, 7) is 1.32. The number of nitrogens with zero attached hydrogens (tertiary/aromatic N) is 2. The first kappa shape index (κ1) is 10.4. The highest BCUT2D eigenvalue weighted by Gasteiger charge is 2.19. The molecule has 1 unspecified atom stereocenters. The first-order chi connectivity index (χ1) is 7.29. The van der Waals surface area contributed by atoms with Gasteiger partial charge in [0.15, 0.2) is 0 Å². The standard InChI is InChI=1S/C9H12ClN3O2/c1-11-9-12-4-7(10)8(13-9)15-6-2-3-14-5-6/h4,6H,2-3,5H2,1H3,(H,11,12,13). The summed E-state index contributed by atoms with van der Waals surface area (Å²) in [7, 11) is 1.74. The van der Waals surface area contributed by atoms with E-state index in [4.69, 9.17) is 21.1 Å². The van der Waals surface area contributed by atoms with Crippen LogP contribution in [0.2, 0.25) is 5.02 Å². The van der Waals surface area contributed by atoms with E-state index in [0.717, 1.165) is 13.0 Å². The highest BCUT2D eigenvalue weighted by molar-refractivity contribution is 6.31. The van der Waals surface area contributed by atoms with Gasteiger partial charge in [-0.1, -0.05) is 11.6 Å². The van der Waals surface area contributed by atoms with Crippen molar-refractivity contribution in [2.75, 3.05) is 25.6 Å². The molecule has 1 atom stereocenters. The summed E-state index contributed by atoms with van der Waals surface area (Å²) in [5, 5.41) is 3.24. The monoisotopic (exact) mass is 229 g/mol. The van der Waals surface area contributed by atoms with Crippen LogP contribution < -0.4 is 10.1 Å². The molecule has 0 amide bonds. The summed E-state index contributed by atoms with van der Waals surface area (Å²) in [5.41, 5.74) is 0. The van der Waals surface area contributed by atoms with E-state index in [1.165, 1.54) is 6.20 Å². The predicted molar refractivity (Wildman–Crippen MR) is 56.4 cm³/mol. The molecule has 15 heavy (non-hydrogen) atoms. The second-order valence-corrected chi connectivity index (χ2v) is 3.61. The number of anilines is 1. The minimum atomic E-state index is 0.0436. The quantitative estimate of drug-likeness (QED) is 0.848. The lowest BCUT2D eigenvalue weighted by Gasteiger charge is -2.12. The molecule has 5 nitrogen and oxygen atoms in total. The molecule has 0 bridgehead atoms. The van der Waals surface area contributed by atoms with Gasteiger partial charge in [-0.05, 0) is 0 Å². The van der Waals surface area contributed by atoms with Crippen molar-refractivity contribution in [2.45, 2.75) is 12.5 Å². The van der Waals surface area contributed by atoms with Crippen molar-refractivity contribution in [2.24, 2.45) is 0 Å². The Hall–Kier alpha value is -1.07. The minimum absolute atomic E-state index is 0.0436. The third kappa shape index (κ3) is 2.49. The zero-order valence-corrected chi connectivity index (χ0v) is 9.12. The molecule has 82 valence electrons. The number of rotatable bonds is 3. The molecule has 2 heterocycles. The Bertz CT molecular complexity index is 342. The minimum Gasteiger partial charge on any atom is -0.471 e. The van der Waals surface area contributed by atoms with Crippen LogP contribution in [0, 0.1) is 0 Å². The van der Waals surface area contributed by atoms with Crippen molar-refractivity contribution in [3.63, 3.8) is 0 Å². The maximum Gasteiger partial charge on any atom is 0.237 e. The second-order valence-electron chi connectivity index (χ2n) is 3.20. The van der Waals surface area contributed by atoms with Crippen molar-refractivity contribution >= 4 is 17.5 Å². The molecule has 0 aromatic carbocycles. The van der Waals surface area contributed by atoms with E-state index in [-0.39, 0.29) is 6.10 Å². The maximum absolute atomic E-state index is 5.91. The van der Waals surface area contributed by atoms with E-state index >= 15 is 0 Å². The highest BCUT2D eigenvalue weighted by atomic mass is 35.5. The van der Waals surface area contributed by atoms with Gasteiger partial charge in [0, 0.05) is 13.5 Å². The van der Waals surface area contributed by atoms with E-state index in [2.05, 4.69) is 15.3 Å². The summed E-state index contributed by atoms with van der Waals surface area (Å²) >= 11 is 5.91. The van der Waals surface area contributed by atoms with Gasteiger partial charge in [-0.25, -0.2) is 4.98 Å². The van der Waals surface area contributed by atoms with Crippen LogP contribution in [-0.2, 0) is 4.74 Å². The van der Waals surface area contributed by atoms with Crippen LogP contribution in [0.4, 0.5) is 5.95 Å². The average molecular weight is 230 g/mol. The summed E-state index contributed by atoms with van der Waals surface area (Å²) in [5.74, 6) is 0.903. The van der Waals surface area contributed by atoms with Crippen LogP contribution in [0.1, 0.15) is 6.42 Å². The number of nitrogens with one attached hydrogen (secondary N) is 1. The van der Waals surface area contributed by atoms with E-state index < -0.39 is 0 Å². The lowest BCUT2D eigenvalue weighted by Crippen LogP contribution is -2.17. The van der Waals surface area contributed by atoms with Gasteiger partial charge in [-0.2, -0.15) is 4.98 Å². The van der Waals surface area contributed by atoms with Crippen LogP contribution in [0.15, 0.2) is 6.20 Å². The van der Waals surface area contributed by atoms with Gasteiger partial charge >= 0.3 is 0 Å². The number of hydrogen-bond acceptors (Lipinski definition) is 5. The molecular weight excluding hydrogens is 218 g/mol. The number of hydrogen-bond donors (Lipinski definition) is 1. The van der Waals surface area contributed by atoms with Crippen molar-refractivity contribution in [1.29, 1.82) is 0 Å². The van der Waals surface area contributed by atoms with Crippen LogP contribution >= 0.6 is 11.6 Å². The molecule has 1 N–H and O–H groups in total. The maximum atomic E-state index is 5.91. The SMILES string of the molecule is CNc1ncc(Cl)c(OC2CCOC2)n1. The number of halogens is 1. The Morgan fingerprint density at radius 1 is 1.67 bits per heavy atom. The molecule has 0 aliphatic carbocycles. The van der Waals surface area contributed by atoms with Crippen LogP contribution in [0.25, 0.3) is 0 Å². The van der Waals surface area contributed by atoms with Gasteiger partial charge in [0.05, 0.1) is 19.4 Å². The summed E-state index contributed by atoms with van der Waals surface area (Å²) in [6, 6.07) is 0. The zero-order valence-electron chi connectivity index (χ0n) is 8.36. The molecule has 1 aliphatic rings. The van der Waals surface area contributed by atoms with Gasteiger partial charge < -0.3 is 14.8 Å².